The summed E-state index contributed by atoms with van der Waals surface area (Å²) in [5.74, 6) is 0.491. The van der Waals surface area contributed by atoms with Crippen molar-refractivity contribution < 1.29 is 4.79 Å². The van der Waals surface area contributed by atoms with Gasteiger partial charge in [0.15, 0.2) is 0 Å². The number of carbonyl (C=O) groups excluding carboxylic acids is 1. The summed E-state index contributed by atoms with van der Waals surface area (Å²) in [6.07, 6.45) is 6.86. The second-order valence-electron chi connectivity index (χ2n) is 7.63. The van der Waals surface area contributed by atoms with Gasteiger partial charge in [0.25, 0.3) is 11.5 Å². The topological polar surface area (TPSA) is 74.0 Å². The van der Waals surface area contributed by atoms with Gasteiger partial charge in [0.1, 0.15) is 0 Å². The SMILES string of the molecule is C=Cc1c(NCC2CCCC2)cccc1C(=O)NCc1c(C)cc(C)[nH]c1=O. The van der Waals surface area contributed by atoms with Gasteiger partial charge in [-0.3, -0.25) is 9.59 Å². The summed E-state index contributed by atoms with van der Waals surface area (Å²) in [5.41, 5.74) is 4.40. The third kappa shape index (κ3) is 4.53. The monoisotopic (exact) mass is 379 g/mol. The number of hydrogen-bond donors (Lipinski definition) is 3. The first-order valence-corrected chi connectivity index (χ1v) is 9.96. The number of aromatic amines is 1. The van der Waals surface area contributed by atoms with Gasteiger partial charge in [-0.2, -0.15) is 0 Å². The fraction of sp³-hybridized carbons (Fsp3) is 0.391. The first kappa shape index (κ1) is 19.9. The smallest absolute Gasteiger partial charge is 0.253 e. The van der Waals surface area contributed by atoms with Gasteiger partial charge in [-0.15, -0.1) is 0 Å². The van der Waals surface area contributed by atoms with Crippen LogP contribution in [0.3, 0.4) is 0 Å². The molecule has 1 aromatic heterocycles. The zero-order chi connectivity index (χ0) is 20.1. The summed E-state index contributed by atoms with van der Waals surface area (Å²) in [6, 6.07) is 7.56. The van der Waals surface area contributed by atoms with Gasteiger partial charge in [0.2, 0.25) is 0 Å². The third-order valence-corrected chi connectivity index (χ3v) is 5.53. The van der Waals surface area contributed by atoms with Crippen molar-refractivity contribution in [1.29, 1.82) is 0 Å². The van der Waals surface area contributed by atoms with Crippen molar-refractivity contribution in [3.8, 4) is 0 Å². The van der Waals surface area contributed by atoms with E-state index in [4.69, 9.17) is 0 Å². The Morgan fingerprint density at radius 3 is 2.71 bits per heavy atom. The Kier molecular flexibility index (Phi) is 6.34. The summed E-state index contributed by atoms with van der Waals surface area (Å²) in [4.78, 5) is 27.8. The standard InChI is InChI=1S/C23H29N3O2/c1-4-18-19(10-7-11-21(18)24-13-17-8-5-6-9-17)22(27)25-14-20-15(2)12-16(3)26-23(20)28/h4,7,10-12,17,24H,1,5-6,8-9,13-14H2,2-3H3,(H,25,27)(H,26,28). The average Bonchev–Trinajstić information content (AvgIpc) is 3.18. The number of aromatic nitrogens is 1. The van der Waals surface area contributed by atoms with Gasteiger partial charge < -0.3 is 15.6 Å². The zero-order valence-electron chi connectivity index (χ0n) is 16.7. The number of pyridine rings is 1. The number of nitrogens with one attached hydrogen (secondary N) is 3. The van der Waals surface area contributed by atoms with Crippen molar-refractivity contribution in [3.05, 3.63) is 69.1 Å². The van der Waals surface area contributed by atoms with E-state index in [0.717, 1.165) is 29.1 Å². The van der Waals surface area contributed by atoms with Gasteiger partial charge in [0, 0.05) is 41.2 Å². The van der Waals surface area contributed by atoms with E-state index in [9.17, 15) is 9.59 Å². The summed E-state index contributed by atoms with van der Waals surface area (Å²) in [5, 5.41) is 6.37. The molecular formula is C23H29N3O2. The van der Waals surface area contributed by atoms with Crippen LogP contribution in [-0.4, -0.2) is 17.4 Å². The summed E-state index contributed by atoms with van der Waals surface area (Å²) < 4.78 is 0. The number of carbonyl (C=O) groups is 1. The Morgan fingerprint density at radius 1 is 1.29 bits per heavy atom. The highest BCUT2D eigenvalue weighted by Crippen LogP contribution is 2.27. The molecule has 1 amide bonds. The van der Waals surface area contributed by atoms with E-state index in [2.05, 4.69) is 22.2 Å². The van der Waals surface area contributed by atoms with Gasteiger partial charge in [-0.1, -0.05) is 31.6 Å². The lowest BCUT2D eigenvalue weighted by Crippen LogP contribution is -2.28. The molecule has 5 nitrogen and oxygen atoms in total. The summed E-state index contributed by atoms with van der Waals surface area (Å²) >= 11 is 0. The molecule has 0 atom stereocenters. The van der Waals surface area contributed by atoms with Crippen molar-refractivity contribution in [2.24, 2.45) is 5.92 Å². The van der Waals surface area contributed by atoms with Crippen molar-refractivity contribution in [2.45, 2.75) is 46.1 Å². The number of aryl methyl sites for hydroxylation is 2. The van der Waals surface area contributed by atoms with E-state index in [-0.39, 0.29) is 18.0 Å². The number of benzene rings is 1. The van der Waals surface area contributed by atoms with Crippen LogP contribution in [0, 0.1) is 19.8 Å². The number of rotatable bonds is 7. The largest absolute Gasteiger partial charge is 0.384 e. The average molecular weight is 380 g/mol. The molecule has 0 aliphatic heterocycles. The zero-order valence-corrected chi connectivity index (χ0v) is 16.7. The van der Waals surface area contributed by atoms with Crippen LogP contribution < -0.4 is 16.2 Å². The van der Waals surface area contributed by atoms with Crippen LogP contribution in [0.5, 0.6) is 0 Å². The molecule has 3 rings (SSSR count). The molecule has 0 spiro atoms. The van der Waals surface area contributed by atoms with Crippen molar-refractivity contribution in [2.75, 3.05) is 11.9 Å². The van der Waals surface area contributed by atoms with Crippen LogP contribution in [0.2, 0.25) is 0 Å². The minimum absolute atomic E-state index is 0.159. The van der Waals surface area contributed by atoms with Crippen molar-refractivity contribution in [1.82, 2.24) is 10.3 Å². The lowest BCUT2D eigenvalue weighted by atomic mass is 10.0. The highest BCUT2D eigenvalue weighted by molar-refractivity contribution is 5.99. The Hall–Kier alpha value is -2.82. The molecule has 2 aromatic rings. The molecule has 5 heteroatoms. The van der Waals surface area contributed by atoms with Crippen LogP contribution in [0.4, 0.5) is 5.69 Å². The van der Waals surface area contributed by atoms with Crippen LogP contribution in [0.1, 0.15) is 58.4 Å². The molecule has 1 heterocycles. The minimum Gasteiger partial charge on any atom is -0.384 e. The molecule has 28 heavy (non-hydrogen) atoms. The molecular weight excluding hydrogens is 350 g/mol. The fourth-order valence-electron chi connectivity index (χ4n) is 3.97. The highest BCUT2D eigenvalue weighted by Gasteiger charge is 2.17. The number of anilines is 1. The molecule has 0 bridgehead atoms. The second kappa shape index (κ2) is 8.91. The molecule has 0 unspecified atom stereocenters. The van der Waals surface area contributed by atoms with E-state index < -0.39 is 0 Å². The molecule has 1 aliphatic rings. The quantitative estimate of drug-likeness (QED) is 0.676. The maximum Gasteiger partial charge on any atom is 0.253 e. The number of hydrogen-bond acceptors (Lipinski definition) is 3. The van der Waals surface area contributed by atoms with Crippen molar-refractivity contribution >= 4 is 17.7 Å². The maximum absolute atomic E-state index is 12.8. The Bertz CT molecular complexity index is 924. The Labute approximate surface area is 166 Å². The van der Waals surface area contributed by atoms with Gasteiger partial charge in [-0.25, -0.2) is 0 Å². The van der Waals surface area contributed by atoms with Crippen LogP contribution in [0.15, 0.2) is 35.6 Å². The first-order chi connectivity index (χ1) is 13.5. The van der Waals surface area contributed by atoms with Gasteiger partial charge in [0.05, 0.1) is 0 Å². The van der Waals surface area contributed by atoms with Crippen molar-refractivity contribution in [3.63, 3.8) is 0 Å². The highest BCUT2D eigenvalue weighted by atomic mass is 16.1. The lowest BCUT2D eigenvalue weighted by molar-refractivity contribution is 0.0950. The van der Waals surface area contributed by atoms with E-state index in [1.54, 1.807) is 12.1 Å². The second-order valence-corrected chi connectivity index (χ2v) is 7.63. The Balaban J connectivity index is 1.73. The normalized spacial score (nSPS) is 14.1. The molecule has 3 N–H and O–H groups in total. The molecule has 0 radical (unpaired) electrons. The molecule has 1 saturated carbocycles. The number of H-pyrrole nitrogens is 1. The van der Waals surface area contributed by atoms with E-state index in [1.807, 2.05) is 32.0 Å². The molecule has 1 fully saturated rings. The maximum atomic E-state index is 12.8. The minimum atomic E-state index is -0.209. The third-order valence-electron chi connectivity index (χ3n) is 5.53. The molecule has 148 valence electrons. The van der Waals surface area contributed by atoms with E-state index in [1.165, 1.54) is 25.7 Å². The Morgan fingerprint density at radius 2 is 2.04 bits per heavy atom. The van der Waals surface area contributed by atoms with Gasteiger partial charge >= 0.3 is 0 Å². The van der Waals surface area contributed by atoms with Crippen LogP contribution in [0.25, 0.3) is 6.08 Å². The van der Waals surface area contributed by atoms with E-state index in [0.29, 0.717) is 17.0 Å². The van der Waals surface area contributed by atoms with E-state index >= 15 is 0 Å². The molecule has 1 aliphatic carbocycles. The molecule has 0 saturated heterocycles. The predicted molar refractivity (Wildman–Crippen MR) is 115 cm³/mol. The summed E-state index contributed by atoms with van der Waals surface area (Å²) in [7, 11) is 0. The predicted octanol–water partition coefficient (Wildman–Crippen LogP) is 4.17. The fourth-order valence-corrected chi connectivity index (χ4v) is 3.97. The summed E-state index contributed by atoms with van der Waals surface area (Å²) in [6.45, 7) is 8.73. The van der Waals surface area contributed by atoms with Crippen LogP contribution >= 0.6 is 0 Å². The lowest BCUT2D eigenvalue weighted by Gasteiger charge is -2.16. The number of amides is 1. The first-order valence-electron chi connectivity index (χ1n) is 9.96. The molecule has 1 aromatic carbocycles. The van der Waals surface area contributed by atoms with Crippen LogP contribution in [-0.2, 0) is 6.54 Å². The van der Waals surface area contributed by atoms with Gasteiger partial charge in [-0.05, 0) is 56.4 Å².